The van der Waals surface area contributed by atoms with E-state index in [-0.39, 0.29) is 5.41 Å². The Balaban J connectivity index is 1.82. The summed E-state index contributed by atoms with van der Waals surface area (Å²) in [6.07, 6.45) is 10.7. The lowest BCUT2D eigenvalue weighted by molar-refractivity contribution is -0.0651. The predicted octanol–water partition coefficient (Wildman–Crippen LogP) is 4.14. The Kier molecular flexibility index (Phi) is 3.33. The maximum absolute atomic E-state index is 9.71. The molecule has 4 rings (SSSR count). The molecule has 0 radical (unpaired) electrons. The highest BCUT2D eigenvalue weighted by atomic mass is 16.5. The van der Waals surface area contributed by atoms with Crippen molar-refractivity contribution in [1.29, 1.82) is 5.26 Å². The zero-order chi connectivity index (χ0) is 13.5. The molecule has 19 heavy (non-hydrogen) atoms. The van der Waals surface area contributed by atoms with Crippen molar-refractivity contribution in [2.75, 3.05) is 6.61 Å². The Morgan fingerprint density at radius 3 is 2.21 bits per heavy atom. The molecule has 0 aromatic carbocycles. The number of rotatable bonds is 4. The molecule has 4 aliphatic rings. The van der Waals surface area contributed by atoms with E-state index in [0.29, 0.717) is 12.5 Å². The summed E-state index contributed by atoms with van der Waals surface area (Å²) in [7, 11) is 0. The minimum atomic E-state index is -0.336. The molecule has 0 saturated heterocycles. The van der Waals surface area contributed by atoms with E-state index in [1.54, 1.807) is 6.26 Å². The SMILES string of the molecule is CCO/C=C/C(C)(C#N)C1C2CC3CC(C2)CC1C3. The second kappa shape index (κ2) is 4.85. The molecule has 2 nitrogen and oxygen atoms in total. The smallest absolute Gasteiger partial charge is 0.0845 e. The third kappa shape index (κ3) is 2.18. The van der Waals surface area contributed by atoms with E-state index in [2.05, 4.69) is 13.0 Å². The number of nitrogens with zero attached hydrogens (tertiary/aromatic N) is 1. The van der Waals surface area contributed by atoms with Crippen LogP contribution in [0.3, 0.4) is 0 Å². The van der Waals surface area contributed by atoms with Gasteiger partial charge in [-0.25, -0.2) is 0 Å². The van der Waals surface area contributed by atoms with Crippen molar-refractivity contribution in [2.45, 2.75) is 46.0 Å². The van der Waals surface area contributed by atoms with Crippen molar-refractivity contribution in [3.8, 4) is 6.07 Å². The molecule has 1 unspecified atom stereocenters. The van der Waals surface area contributed by atoms with Gasteiger partial charge in [-0.1, -0.05) is 0 Å². The summed E-state index contributed by atoms with van der Waals surface area (Å²) in [5, 5.41) is 9.71. The molecule has 0 aliphatic heterocycles. The Labute approximate surface area is 116 Å². The summed E-state index contributed by atoms with van der Waals surface area (Å²) < 4.78 is 5.34. The number of allylic oxidation sites excluding steroid dienone is 1. The van der Waals surface area contributed by atoms with Crippen LogP contribution in [0.4, 0.5) is 0 Å². The average Bonchev–Trinajstić information content (AvgIpc) is 2.37. The second-order valence-corrected chi connectivity index (χ2v) is 7.11. The molecule has 0 heterocycles. The first-order valence-corrected chi connectivity index (χ1v) is 7.86. The number of hydrogen-bond acceptors (Lipinski definition) is 2. The van der Waals surface area contributed by atoms with Gasteiger partial charge in [0.15, 0.2) is 0 Å². The Morgan fingerprint density at radius 1 is 1.16 bits per heavy atom. The maximum Gasteiger partial charge on any atom is 0.0845 e. The van der Waals surface area contributed by atoms with Crippen LogP contribution in [0, 0.1) is 46.3 Å². The Bertz CT molecular complexity index is 380. The topological polar surface area (TPSA) is 33.0 Å². The van der Waals surface area contributed by atoms with Gasteiger partial charge >= 0.3 is 0 Å². The number of ether oxygens (including phenoxy) is 1. The summed E-state index contributed by atoms with van der Waals surface area (Å²) >= 11 is 0. The molecule has 4 fully saturated rings. The summed E-state index contributed by atoms with van der Waals surface area (Å²) in [4.78, 5) is 0. The van der Waals surface area contributed by atoms with Crippen molar-refractivity contribution >= 4 is 0 Å². The highest BCUT2D eigenvalue weighted by molar-refractivity contribution is 5.17. The van der Waals surface area contributed by atoms with Crippen molar-refractivity contribution in [3.05, 3.63) is 12.3 Å². The van der Waals surface area contributed by atoms with Crippen molar-refractivity contribution in [2.24, 2.45) is 35.0 Å². The zero-order valence-corrected chi connectivity index (χ0v) is 12.1. The van der Waals surface area contributed by atoms with Crippen molar-refractivity contribution in [1.82, 2.24) is 0 Å². The molecule has 4 bridgehead atoms. The summed E-state index contributed by atoms with van der Waals surface area (Å²) in [6, 6.07) is 2.60. The minimum absolute atomic E-state index is 0.336. The van der Waals surface area contributed by atoms with Crippen LogP contribution in [0.2, 0.25) is 0 Å². The van der Waals surface area contributed by atoms with Crippen LogP contribution in [0.25, 0.3) is 0 Å². The van der Waals surface area contributed by atoms with Crippen LogP contribution in [0.1, 0.15) is 46.0 Å². The number of nitriles is 1. The molecule has 4 aliphatic carbocycles. The standard InChI is InChI=1S/C17H25NO/c1-3-19-5-4-17(2,11-18)16-14-7-12-6-13(9-14)10-15(16)8-12/h4-5,12-16H,3,6-10H2,1-2H3/b5-4+. The van der Waals surface area contributed by atoms with Gasteiger partial charge in [-0.3, -0.25) is 0 Å². The lowest BCUT2D eigenvalue weighted by Crippen LogP contribution is -2.50. The van der Waals surface area contributed by atoms with E-state index in [9.17, 15) is 5.26 Å². The molecular formula is C17H25NO. The van der Waals surface area contributed by atoms with Gasteiger partial charge in [0.05, 0.1) is 24.4 Å². The van der Waals surface area contributed by atoms with Gasteiger partial charge in [-0.15, -0.1) is 0 Å². The van der Waals surface area contributed by atoms with E-state index in [1.165, 1.54) is 32.1 Å². The molecule has 0 N–H and O–H groups in total. The van der Waals surface area contributed by atoms with E-state index >= 15 is 0 Å². The van der Waals surface area contributed by atoms with E-state index in [0.717, 1.165) is 23.7 Å². The predicted molar refractivity (Wildman–Crippen MR) is 75.0 cm³/mol. The molecule has 0 spiro atoms. The van der Waals surface area contributed by atoms with Crippen molar-refractivity contribution in [3.63, 3.8) is 0 Å². The summed E-state index contributed by atoms with van der Waals surface area (Å²) in [5.74, 6) is 4.07. The van der Waals surface area contributed by atoms with Crippen LogP contribution in [-0.4, -0.2) is 6.61 Å². The fourth-order valence-electron chi connectivity index (χ4n) is 5.41. The highest BCUT2D eigenvalue weighted by Gasteiger charge is 2.53. The third-order valence-corrected chi connectivity index (χ3v) is 5.84. The number of hydrogen-bond donors (Lipinski definition) is 0. The summed E-state index contributed by atoms with van der Waals surface area (Å²) in [6.45, 7) is 4.78. The molecule has 4 saturated carbocycles. The molecular weight excluding hydrogens is 234 g/mol. The Hall–Kier alpha value is -0.970. The average molecular weight is 259 g/mol. The first-order valence-electron chi connectivity index (χ1n) is 7.86. The van der Waals surface area contributed by atoms with Crippen LogP contribution in [-0.2, 0) is 4.74 Å². The van der Waals surface area contributed by atoms with E-state index in [4.69, 9.17) is 4.74 Å². The molecule has 0 aromatic rings. The van der Waals surface area contributed by atoms with Gasteiger partial charge in [0, 0.05) is 0 Å². The van der Waals surface area contributed by atoms with Gasteiger partial charge < -0.3 is 4.74 Å². The monoisotopic (exact) mass is 259 g/mol. The quantitative estimate of drug-likeness (QED) is 0.711. The van der Waals surface area contributed by atoms with Gasteiger partial charge in [0.25, 0.3) is 0 Å². The van der Waals surface area contributed by atoms with Crippen LogP contribution >= 0.6 is 0 Å². The molecule has 1 atom stereocenters. The molecule has 104 valence electrons. The zero-order valence-electron chi connectivity index (χ0n) is 12.1. The van der Waals surface area contributed by atoms with Crippen LogP contribution in [0.5, 0.6) is 0 Å². The van der Waals surface area contributed by atoms with E-state index in [1.807, 2.05) is 13.0 Å². The van der Waals surface area contributed by atoms with Gasteiger partial charge in [0.2, 0.25) is 0 Å². The fraction of sp³-hybridized carbons (Fsp3) is 0.824. The fourth-order valence-corrected chi connectivity index (χ4v) is 5.41. The maximum atomic E-state index is 9.71. The van der Waals surface area contributed by atoms with Crippen molar-refractivity contribution < 1.29 is 4.74 Å². The lowest BCUT2D eigenvalue weighted by atomic mass is 9.47. The molecule has 0 aromatic heterocycles. The largest absolute Gasteiger partial charge is 0.502 e. The second-order valence-electron chi connectivity index (χ2n) is 7.11. The Morgan fingerprint density at radius 2 is 1.74 bits per heavy atom. The minimum Gasteiger partial charge on any atom is -0.502 e. The van der Waals surface area contributed by atoms with Gasteiger partial charge in [-0.05, 0) is 81.6 Å². The normalized spacial score (nSPS) is 43.1. The summed E-state index contributed by atoms with van der Waals surface area (Å²) in [5.41, 5.74) is -0.336. The lowest BCUT2D eigenvalue weighted by Gasteiger charge is -2.57. The molecule has 0 amide bonds. The third-order valence-electron chi connectivity index (χ3n) is 5.84. The van der Waals surface area contributed by atoms with Crippen LogP contribution in [0.15, 0.2) is 12.3 Å². The van der Waals surface area contributed by atoms with Crippen LogP contribution < -0.4 is 0 Å². The van der Waals surface area contributed by atoms with Gasteiger partial charge in [0.1, 0.15) is 0 Å². The molecule has 2 heteroatoms. The van der Waals surface area contributed by atoms with Gasteiger partial charge in [-0.2, -0.15) is 5.26 Å². The first kappa shape index (κ1) is 13.0. The first-order chi connectivity index (χ1) is 9.16. The highest BCUT2D eigenvalue weighted by Crippen LogP contribution is 2.60. The van der Waals surface area contributed by atoms with E-state index < -0.39 is 0 Å².